The van der Waals surface area contributed by atoms with Gasteiger partial charge in [-0.15, -0.1) is 0 Å². The Labute approximate surface area is 206 Å². The minimum atomic E-state index is -2.63. The number of hydrogen-bond donors (Lipinski definition) is 0. The van der Waals surface area contributed by atoms with E-state index in [4.69, 9.17) is 4.43 Å². The van der Waals surface area contributed by atoms with Crippen molar-refractivity contribution in [2.75, 3.05) is 19.7 Å². The molecule has 1 aliphatic carbocycles. The summed E-state index contributed by atoms with van der Waals surface area (Å²) in [5, 5.41) is 2.46. The van der Waals surface area contributed by atoms with Crippen molar-refractivity contribution in [3.05, 3.63) is 97.1 Å². The third-order valence-electron chi connectivity index (χ3n) is 7.10. The molecule has 4 heteroatoms. The fraction of sp³-hybridized carbons (Fsp3) is 0.367. The zero-order valence-electron chi connectivity index (χ0n) is 20.7. The van der Waals surface area contributed by atoms with Crippen molar-refractivity contribution in [1.29, 1.82) is 0 Å². The molecular formula is C30H37NO2Si. The molecule has 0 atom stereocenters. The van der Waals surface area contributed by atoms with Crippen LogP contribution in [0.4, 0.5) is 0 Å². The number of rotatable bonds is 7. The van der Waals surface area contributed by atoms with Gasteiger partial charge in [-0.1, -0.05) is 118 Å². The van der Waals surface area contributed by atoms with Crippen molar-refractivity contribution in [3.63, 3.8) is 0 Å². The van der Waals surface area contributed by atoms with Gasteiger partial charge in [0.05, 0.1) is 5.41 Å². The lowest BCUT2D eigenvalue weighted by molar-refractivity contribution is -0.137. The third kappa shape index (κ3) is 4.75. The minimum Gasteiger partial charge on any atom is -0.407 e. The van der Waals surface area contributed by atoms with E-state index in [1.54, 1.807) is 0 Å². The number of carbonyl (C=O) groups excluding carboxylic acids is 1. The average molecular weight is 472 g/mol. The number of carbonyl (C=O) groups is 1. The highest BCUT2D eigenvalue weighted by Crippen LogP contribution is 2.38. The first-order chi connectivity index (χ1) is 16.4. The summed E-state index contributed by atoms with van der Waals surface area (Å²) in [6.45, 7) is 8.88. The molecule has 0 bridgehead atoms. The number of allylic oxidation sites excluding steroid dienone is 2. The van der Waals surface area contributed by atoms with Gasteiger partial charge < -0.3 is 9.33 Å². The molecule has 34 heavy (non-hydrogen) atoms. The monoisotopic (exact) mass is 471 g/mol. The van der Waals surface area contributed by atoms with Gasteiger partial charge in [0.2, 0.25) is 5.91 Å². The van der Waals surface area contributed by atoms with Gasteiger partial charge in [0.1, 0.15) is 0 Å². The lowest BCUT2D eigenvalue weighted by Crippen LogP contribution is -2.66. The highest BCUT2D eigenvalue weighted by Gasteiger charge is 2.50. The first-order valence-corrected chi connectivity index (χ1v) is 14.3. The van der Waals surface area contributed by atoms with Gasteiger partial charge in [0.25, 0.3) is 8.32 Å². The van der Waals surface area contributed by atoms with Crippen LogP contribution in [0.1, 0.15) is 40.0 Å². The summed E-state index contributed by atoms with van der Waals surface area (Å²) in [7, 11) is -2.63. The topological polar surface area (TPSA) is 29.5 Å². The molecule has 0 saturated carbocycles. The average Bonchev–Trinajstić information content (AvgIpc) is 2.87. The number of benzene rings is 2. The Balaban J connectivity index is 1.66. The molecule has 2 aromatic rings. The Hall–Kier alpha value is -2.69. The van der Waals surface area contributed by atoms with Crippen LogP contribution in [0.2, 0.25) is 5.04 Å². The zero-order chi connectivity index (χ0) is 24.1. The number of hydrogen-bond acceptors (Lipinski definition) is 2. The summed E-state index contributed by atoms with van der Waals surface area (Å²) in [6, 6.07) is 21.4. The Morgan fingerprint density at radius 2 is 1.50 bits per heavy atom. The lowest BCUT2D eigenvalue weighted by Gasteiger charge is -2.44. The van der Waals surface area contributed by atoms with Gasteiger partial charge in [-0.25, -0.2) is 0 Å². The number of amides is 1. The van der Waals surface area contributed by atoms with Crippen molar-refractivity contribution in [2.24, 2.45) is 5.41 Å². The van der Waals surface area contributed by atoms with E-state index in [1.165, 1.54) is 10.4 Å². The van der Waals surface area contributed by atoms with Crippen molar-refractivity contribution in [3.8, 4) is 0 Å². The molecule has 0 aromatic heterocycles. The van der Waals surface area contributed by atoms with Crippen molar-refractivity contribution >= 4 is 24.6 Å². The van der Waals surface area contributed by atoms with Gasteiger partial charge >= 0.3 is 0 Å². The molecule has 2 aromatic carbocycles. The van der Waals surface area contributed by atoms with Crippen LogP contribution >= 0.6 is 0 Å². The maximum Gasteiger partial charge on any atom is 0.261 e. The minimum absolute atomic E-state index is 0.0806. The van der Waals surface area contributed by atoms with Crippen LogP contribution in [0.25, 0.3) is 0 Å². The smallest absolute Gasteiger partial charge is 0.261 e. The van der Waals surface area contributed by atoms with E-state index in [1.807, 2.05) is 4.90 Å². The molecule has 0 spiro atoms. The Bertz CT molecular complexity index is 999. The first kappa shape index (κ1) is 24.4. The predicted molar refractivity (Wildman–Crippen MR) is 144 cm³/mol. The maximum atomic E-state index is 13.7. The largest absolute Gasteiger partial charge is 0.407 e. The van der Waals surface area contributed by atoms with Crippen LogP contribution < -0.4 is 10.4 Å². The summed E-state index contributed by atoms with van der Waals surface area (Å²) in [4.78, 5) is 15.7. The number of nitrogens with zero attached hydrogens (tertiary/aromatic N) is 1. The van der Waals surface area contributed by atoms with Crippen LogP contribution in [-0.4, -0.2) is 38.8 Å². The summed E-state index contributed by atoms with van der Waals surface area (Å²) in [5.41, 5.74) is -0.630. The second-order valence-electron chi connectivity index (χ2n) is 10.4. The highest BCUT2D eigenvalue weighted by atomic mass is 28.4. The van der Waals surface area contributed by atoms with Crippen molar-refractivity contribution in [1.82, 2.24) is 4.90 Å². The molecule has 0 fully saturated rings. The molecule has 4 rings (SSSR count). The third-order valence-corrected chi connectivity index (χ3v) is 12.1. The molecule has 178 valence electrons. The van der Waals surface area contributed by atoms with E-state index in [0.717, 1.165) is 19.4 Å². The predicted octanol–water partition coefficient (Wildman–Crippen LogP) is 5.24. The maximum absolute atomic E-state index is 13.7. The molecule has 0 radical (unpaired) electrons. The van der Waals surface area contributed by atoms with E-state index in [-0.39, 0.29) is 10.9 Å². The molecule has 0 unspecified atom stereocenters. The standard InChI is InChI=1S/C30H37NO2Si/c1-29(2,3)34(26-16-8-4-9-17-26,27-18-10-5-11-19-27)33-25-22-30(20-12-6-13-21-30)28(32)31-23-14-7-15-24-31/h4-5,7-14,16-21H,6,15,22-25H2,1-3H3. The Morgan fingerprint density at radius 3 is 2.00 bits per heavy atom. The van der Waals surface area contributed by atoms with Gasteiger partial charge in [0.15, 0.2) is 0 Å². The van der Waals surface area contributed by atoms with Crippen molar-refractivity contribution in [2.45, 2.75) is 45.1 Å². The molecule has 1 aliphatic heterocycles. The Morgan fingerprint density at radius 1 is 0.912 bits per heavy atom. The lowest BCUT2D eigenvalue weighted by atomic mass is 9.79. The molecule has 2 aliphatic rings. The Kier molecular flexibility index (Phi) is 7.39. The van der Waals surface area contributed by atoms with Crippen LogP contribution in [-0.2, 0) is 9.22 Å². The van der Waals surface area contributed by atoms with Crippen LogP contribution in [0, 0.1) is 5.41 Å². The van der Waals surface area contributed by atoms with Gasteiger partial charge in [-0.3, -0.25) is 4.79 Å². The summed E-state index contributed by atoms with van der Waals surface area (Å²) in [5.74, 6) is 0.190. The van der Waals surface area contributed by atoms with Gasteiger partial charge in [0, 0.05) is 19.7 Å². The molecule has 1 heterocycles. The zero-order valence-corrected chi connectivity index (χ0v) is 21.7. The quantitative estimate of drug-likeness (QED) is 0.408. The summed E-state index contributed by atoms with van der Waals surface area (Å²) in [6.07, 6.45) is 15.2. The summed E-state index contributed by atoms with van der Waals surface area (Å²) < 4.78 is 7.12. The fourth-order valence-corrected chi connectivity index (χ4v) is 9.93. The van der Waals surface area contributed by atoms with E-state index in [9.17, 15) is 4.79 Å². The second kappa shape index (κ2) is 10.3. The van der Waals surface area contributed by atoms with Crippen LogP contribution in [0.5, 0.6) is 0 Å². The van der Waals surface area contributed by atoms with Gasteiger partial charge in [-0.2, -0.15) is 0 Å². The van der Waals surface area contributed by atoms with E-state index in [2.05, 4.69) is 118 Å². The van der Waals surface area contributed by atoms with Gasteiger partial charge in [-0.05, 0) is 34.7 Å². The van der Waals surface area contributed by atoms with E-state index >= 15 is 0 Å². The fourth-order valence-electron chi connectivity index (χ4n) is 5.36. The molecule has 0 saturated heterocycles. The van der Waals surface area contributed by atoms with Crippen LogP contribution in [0.3, 0.4) is 0 Å². The highest BCUT2D eigenvalue weighted by molar-refractivity contribution is 6.99. The summed E-state index contributed by atoms with van der Waals surface area (Å²) >= 11 is 0. The molecular weight excluding hydrogens is 434 g/mol. The first-order valence-electron chi connectivity index (χ1n) is 12.4. The SMILES string of the molecule is CC(C)(C)[Si](OCCC1(C(=O)N2CC=CCC2)C=CCC=C1)(c1ccccc1)c1ccccc1. The second-order valence-corrected chi connectivity index (χ2v) is 14.7. The molecule has 1 amide bonds. The molecule has 3 nitrogen and oxygen atoms in total. The van der Waals surface area contributed by atoms with Crippen LogP contribution in [0.15, 0.2) is 97.1 Å². The van der Waals surface area contributed by atoms with E-state index in [0.29, 0.717) is 19.6 Å². The van der Waals surface area contributed by atoms with E-state index < -0.39 is 13.7 Å². The molecule has 0 N–H and O–H groups in total. The normalized spacial score (nSPS) is 17.7. The van der Waals surface area contributed by atoms with Crippen molar-refractivity contribution < 1.29 is 9.22 Å².